The van der Waals surface area contributed by atoms with E-state index in [1.807, 2.05) is 6.07 Å². The molecule has 122 valence electrons. The minimum Gasteiger partial charge on any atom is -0.396 e. The molecule has 1 aromatic carbocycles. The molecule has 0 saturated heterocycles. The molecule has 1 aromatic rings. The summed E-state index contributed by atoms with van der Waals surface area (Å²) in [5.74, 6) is 0.775. The van der Waals surface area contributed by atoms with Gasteiger partial charge < -0.3 is 5.11 Å². The van der Waals surface area contributed by atoms with Crippen LogP contribution in [0.3, 0.4) is 0 Å². The lowest BCUT2D eigenvalue weighted by Gasteiger charge is -2.68. The van der Waals surface area contributed by atoms with Crippen molar-refractivity contribution in [1.29, 1.82) is 0 Å². The fraction of sp³-hybridized carbons (Fsp3) is 0.647. The van der Waals surface area contributed by atoms with E-state index < -0.39 is 15.6 Å². The predicted octanol–water partition coefficient (Wildman–Crippen LogP) is 2.54. The van der Waals surface area contributed by atoms with E-state index in [-0.39, 0.29) is 17.9 Å². The van der Waals surface area contributed by atoms with Crippen LogP contribution in [0.4, 0.5) is 0 Å². The van der Waals surface area contributed by atoms with Crippen molar-refractivity contribution < 1.29 is 13.5 Å². The Morgan fingerprint density at radius 2 is 1.91 bits per heavy atom. The maximum absolute atomic E-state index is 12.8. The van der Waals surface area contributed by atoms with Crippen LogP contribution in [0, 0.1) is 17.3 Å². The maximum atomic E-state index is 12.8. The van der Waals surface area contributed by atoms with Gasteiger partial charge in [-0.15, -0.1) is 0 Å². The number of sulfonamides is 1. The van der Waals surface area contributed by atoms with E-state index >= 15 is 0 Å². The highest BCUT2D eigenvalue weighted by Crippen LogP contribution is 2.65. The van der Waals surface area contributed by atoms with E-state index in [1.165, 1.54) is 0 Å². The van der Waals surface area contributed by atoms with Gasteiger partial charge in [-0.2, -0.15) is 0 Å². The number of hydrogen-bond acceptors (Lipinski definition) is 3. The summed E-state index contributed by atoms with van der Waals surface area (Å²) in [6, 6.07) is 8.56. The molecular formula is C17H25NO3S. The molecule has 3 aliphatic carbocycles. The Labute approximate surface area is 133 Å². The van der Waals surface area contributed by atoms with Gasteiger partial charge in [0.1, 0.15) is 0 Å². The zero-order valence-electron chi connectivity index (χ0n) is 13.2. The quantitative estimate of drug-likeness (QED) is 0.875. The maximum Gasteiger partial charge on any atom is 0.241 e. The van der Waals surface area contributed by atoms with E-state index in [0.29, 0.717) is 17.2 Å². The third-order valence-corrected chi connectivity index (χ3v) is 7.67. The minimum absolute atomic E-state index is 0.0626. The molecule has 3 aliphatic rings. The molecule has 5 heteroatoms. The number of benzene rings is 1. The van der Waals surface area contributed by atoms with Crippen LogP contribution in [-0.4, -0.2) is 25.7 Å². The van der Waals surface area contributed by atoms with Gasteiger partial charge in [-0.1, -0.05) is 32.0 Å². The lowest BCUT2D eigenvalue weighted by atomic mass is 9.41. The van der Waals surface area contributed by atoms with Crippen LogP contribution in [0.2, 0.25) is 0 Å². The van der Waals surface area contributed by atoms with E-state index in [9.17, 15) is 13.5 Å². The topological polar surface area (TPSA) is 66.4 Å². The Balaban J connectivity index is 1.94. The van der Waals surface area contributed by atoms with E-state index in [1.54, 1.807) is 24.3 Å². The molecule has 4 nitrogen and oxygen atoms in total. The number of aliphatic hydroxyl groups is 1. The fourth-order valence-corrected chi connectivity index (χ4v) is 6.27. The van der Waals surface area contributed by atoms with Gasteiger partial charge in [0.05, 0.1) is 4.90 Å². The summed E-state index contributed by atoms with van der Waals surface area (Å²) >= 11 is 0. The second kappa shape index (κ2) is 5.32. The van der Waals surface area contributed by atoms with Gasteiger partial charge in [-0.05, 0) is 55.1 Å². The Kier molecular flexibility index (Phi) is 3.86. The van der Waals surface area contributed by atoms with Crippen molar-refractivity contribution >= 4 is 10.0 Å². The monoisotopic (exact) mass is 323 g/mol. The van der Waals surface area contributed by atoms with Crippen molar-refractivity contribution in [3.8, 4) is 0 Å². The van der Waals surface area contributed by atoms with Crippen molar-refractivity contribution in [2.24, 2.45) is 17.3 Å². The highest BCUT2D eigenvalue weighted by atomic mass is 32.2. The van der Waals surface area contributed by atoms with Crippen molar-refractivity contribution in [2.45, 2.75) is 50.0 Å². The number of aliphatic hydroxyl groups excluding tert-OH is 1. The smallest absolute Gasteiger partial charge is 0.241 e. The molecule has 2 bridgehead atoms. The standard InChI is InChI=1S/C17H25NO3S/c1-16(2)14-9-8-13(10-11-19)17(16,12-14)18-22(20,21)15-6-4-3-5-7-15/h3-7,13-14,18-19H,8-12H2,1-2H3/t13-,14-,17+/m1/s1. The van der Waals surface area contributed by atoms with Crippen molar-refractivity contribution in [3.05, 3.63) is 30.3 Å². The molecule has 0 amide bonds. The van der Waals surface area contributed by atoms with Crippen LogP contribution in [0.1, 0.15) is 39.5 Å². The second-order valence-corrected chi connectivity index (χ2v) is 8.98. The van der Waals surface area contributed by atoms with Gasteiger partial charge in [-0.3, -0.25) is 0 Å². The first-order chi connectivity index (χ1) is 10.3. The number of rotatable bonds is 5. The Bertz CT molecular complexity index is 639. The summed E-state index contributed by atoms with van der Waals surface area (Å²) in [6.45, 7) is 4.44. The summed E-state index contributed by atoms with van der Waals surface area (Å²) in [6.07, 6.45) is 3.67. The zero-order chi connectivity index (χ0) is 16.0. The second-order valence-electron chi connectivity index (χ2n) is 7.30. The van der Waals surface area contributed by atoms with Gasteiger partial charge in [-0.25, -0.2) is 13.1 Å². The Morgan fingerprint density at radius 3 is 2.50 bits per heavy atom. The van der Waals surface area contributed by atoms with Crippen molar-refractivity contribution in [3.63, 3.8) is 0 Å². The third kappa shape index (κ3) is 2.22. The fourth-order valence-electron chi connectivity index (χ4n) is 4.65. The molecule has 3 fully saturated rings. The van der Waals surface area contributed by atoms with Crippen LogP contribution in [-0.2, 0) is 10.0 Å². The molecule has 0 heterocycles. The van der Waals surface area contributed by atoms with E-state index in [4.69, 9.17) is 0 Å². The summed E-state index contributed by atoms with van der Waals surface area (Å²) in [5, 5.41) is 9.38. The van der Waals surface area contributed by atoms with Crippen molar-refractivity contribution in [2.75, 3.05) is 6.61 Å². The highest BCUT2D eigenvalue weighted by molar-refractivity contribution is 7.89. The first-order valence-electron chi connectivity index (χ1n) is 8.03. The van der Waals surface area contributed by atoms with Gasteiger partial charge in [0.25, 0.3) is 0 Å². The average Bonchev–Trinajstić information content (AvgIpc) is 2.49. The molecule has 0 spiro atoms. The van der Waals surface area contributed by atoms with Crippen molar-refractivity contribution in [1.82, 2.24) is 4.72 Å². The summed E-state index contributed by atoms with van der Waals surface area (Å²) < 4.78 is 28.6. The van der Waals surface area contributed by atoms with Crippen LogP contribution in [0.25, 0.3) is 0 Å². The van der Waals surface area contributed by atoms with Crippen LogP contribution in [0.15, 0.2) is 35.2 Å². The normalized spacial score (nSPS) is 33.2. The van der Waals surface area contributed by atoms with Gasteiger partial charge in [0, 0.05) is 12.1 Å². The molecule has 0 radical (unpaired) electrons. The average molecular weight is 323 g/mol. The summed E-state index contributed by atoms with van der Waals surface area (Å²) in [5.41, 5.74) is -0.486. The molecule has 0 aliphatic heterocycles. The minimum atomic E-state index is -3.53. The molecule has 3 saturated carbocycles. The molecular weight excluding hydrogens is 298 g/mol. The molecule has 4 rings (SSSR count). The molecule has 22 heavy (non-hydrogen) atoms. The molecule has 0 aromatic heterocycles. The zero-order valence-corrected chi connectivity index (χ0v) is 14.1. The number of nitrogens with one attached hydrogen (secondary N) is 1. The molecule has 0 unspecified atom stereocenters. The van der Waals surface area contributed by atoms with E-state index in [2.05, 4.69) is 18.6 Å². The Morgan fingerprint density at radius 1 is 1.23 bits per heavy atom. The van der Waals surface area contributed by atoms with Gasteiger partial charge in [0.15, 0.2) is 0 Å². The highest BCUT2D eigenvalue weighted by Gasteiger charge is 2.66. The summed E-state index contributed by atoms with van der Waals surface area (Å²) in [4.78, 5) is 0.317. The molecule has 2 N–H and O–H groups in total. The van der Waals surface area contributed by atoms with Gasteiger partial charge >= 0.3 is 0 Å². The number of hydrogen-bond donors (Lipinski definition) is 2. The lowest BCUT2D eigenvalue weighted by Crippen LogP contribution is -2.75. The largest absolute Gasteiger partial charge is 0.396 e. The van der Waals surface area contributed by atoms with Crippen LogP contribution >= 0.6 is 0 Å². The van der Waals surface area contributed by atoms with Crippen LogP contribution < -0.4 is 4.72 Å². The summed E-state index contributed by atoms with van der Waals surface area (Å²) in [7, 11) is -3.53. The first kappa shape index (κ1) is 16.0. The van der Waals surface area contributed by atoms with Gasteiger partial charge in [0.2, 0.25) is 10.0 Å². The first-order valence-corrected chi connectivity index (χ1v) is 9.52. The molecule has 3 atom stereocenters. The van der Waals surface area contributed by atoms with E-state index in [0.717, 1.165) is 19.3 Å². The predicted molar refractivity (Wildman–Crippen MR) is 85.8 cm³/mol. The van der Waals surface area contributed by atoms with Crippen LogP contribution in [0.5, 0.6) is 0 Å². The Hall–Kier alpha value is -0.910. The number of fused-ring (bicyclic) bond motifs is 2. The lowest BCUT2D eigenvalue weighted by molar-refractivity contribution is -0.143. The SMILES string of the molecule is CC1(C)[C@@H]2CC[C@H](CCO)[C@@]1(NS(=O)(=O)c1ccccc1)C2. The third-order valence-electron chi connectivity index (χ3n) is 6.15.